The second kappa shape index (κ2) is 8.24. The molecule has 0 radical (unpaired) electrons. The van der Waals surface area contributed by atoms with E-state index >= 15 is 0 Å². The molecule has 1 aromatic heterocycles. The van der Waals surface area contributed by atoms with Gasteiger partial charge in [0.2, 0.25) is 4.77 Å². The van der Waals surface area contributed by atoms with E-state index in [-0.39, 0.29) is 16.5 Å². The summed E-state index contributed by atoms with van der Waals surface area (Å²) in [5, 5.41) is 21.4. The first-order valence-electron chi connectivity index (χ1n) is 8.05. The number of hydrogen-bond donors (Lipinski definition) is 2. The fraction of sp³-hybridized carbons (Fsp3) is 0.167. The Balaban J connectivity index is 2.03. The molecule has 2 N–H and O–H groups in total. The van der Waals surface area contributed by atoms with Crippen molar-refractivity contribution in [2.75, 3.05) is 13.7 Å². The first-order valence-corrected chi connectivity index (χ1v) is 8.84. The summed E-state index contributed by atoms with van der Waals surface area (Å²) in [5.41, 5.74) is 1.38. The van der Waals surface area contributed by atoms with Gasteiger partial charge in [-0.25, -0.2) is 5.10 Å². The third-order valence-electron chi connectivity index (χ3n) is 3.67. The zero-order chi connectivity index (χ0) is 19.4. The molecule has 0 bridgehead atoms. The highest BCUT2D eigenvalue weighted by molar-refractivity contribution is 7.71. The van der Waals surface area contributed by atoms with Crippen molar-refractivity contribution in [3.63, 3.8) is 0 Å². The number of nitrogens with one attached hydrogen (secondary N) is 1. The predicted octanol–water partition coefficient (Wildman–Crippen LogP) is 4.26. The van der Waals surface area contributed by atoms with Gasteiger partial charge in [0.1, 0.15) is 5.75 Å². The molecule has 3 aromatic rings. The average molecular weight is 405 g/mol. The van der Waals surface area contributed by atoms with Gasteiger partial charge < -0.3 is 14.6 Å². The lowest BCUT2D eigenvalue weighted by molar-refractivity contribution is 0.341. The van der Waals surface area contributed by atoms with Crippen LogP contribution in [0.3, 0.4) is 0 Å². The van der Waals surface area contributed by atoms with Crippen LogP contribution in [0.1, 0.15) is 12.5 Å². The summed E-state index contributed by atoms with van der Waals surface area (Å²) in [4.78, 5) is 0. The number of phenolic OH excluding ortho intramolecular Hbond substituents is 1. The van der Waals surface area contributed by atoms with E-state index < -0.39 is 0 Å². The maximum atomic E-state index is 9.84. The number of aromatic nitrogens is 3. The van der Waals surface area contributed by atoms with Gasteiger partial charge in [-0.05, 0) is 49.0 Å². The molecule has 0 amide bonds. The van der Waals surface area contributed by atoms with Crippen LogP contribution < -0.4 is 9.47 Å². The van der Waals surface area contributed by atoms with Gasteiger partial charge >= 0.3 is 0 Å². The van der Waals surface area contributed by atoms with E-state index in [0.29, 0.717) is 28.5 Å². The van der Waals surface area contributed by atoms with E-state index in [9.17, 15) is 5.11 Å². The van der Waals surface area contributed by atoms with Crippen LogP contribution in [-0.2, 0) is 0 Å². The Morgan fingerprint density at radius 2 is 2.11 bits per heavy atom. The molecular formula is C18H17ClN4O3S. The summed E-state index contributed by atoms with van der Waals surface area (Å²) in [7, 11) is 1.45. The minimum atomic E-state index is -0.123. The summed E-state index contributed by atoms with van der Waals surface area (Å²) in [6.07, 6.45) is 1.55. The summed E-state index contributed by atoms with van der Waals surface area (Å²) in [6, 6.07) is 10.7. The van der Waals surface area contributed by atoms with E-state index in [1.165, 1.54) is 11.8 Å². The van der Waals surface area contributed by atoms with Crippen LogP contribution in [0.4, 0.5) is 0 Å². The molecule has 0 unspecified atom stereocenters. The molecule has 0 aliphatic heterocycles. The summed E-state index contributed by atoms with van der Waals surface area (Å²) in [6.45, 7) is 2.44. The molecule has 27 heavy (non-hydrogen) atoms. The standard InChI is InChI=1S/C18H17ClN4O3S/c1-3-26-14-7-5-4-6-12(14)17-21-22-18(27)23(17)20-10-11-8-13(19)16(24)15(9-11)25-2/h4-10,24H,3H2,1-2H3,(H,22,27)/b20-10-. The smallest absolute Gasteiger partial charge is 0.216 e. The number of benzene rings is 2. The van der Waals surface area contributed by atoms with Gasteiger partial charge in [0.15, 0.2) is 17.3 Å². The van der Waals surface area contributed by atoms with Crippen LogP contribution in [0.5, 0.6) is 17.2 Å². The molecule has 2 aromatic carbocycles. The number of aromatic hydroxyl groups is 1. The summed E-state index contributed by atoms with van der Waals surface area (Å²) < 4.78 is 12.6. The lowest BCUT2D eigenvalue weighted by atomic mass is 10.2. The number of nitrogens with zero attached hydrogens (tertiary/aromatic N) is 3. The van der Waals surface area contributed by atoms with Crippen LogP contribution in [0.25, 0.3) is 11.4 Å². The highest BCUT2D eigenvalue weighted by atomic mass is 35.5. The number of H-pyrrole nitrogens is 1. The molecule has 140 valence electrons. The van der Waals surface area contributed by atoms with Gasteiger partial charge in [0.05, 0.1) is 30.5 Å². The van der Waals surface area contributed by atoms with Crippen LogP contribution in [0, 0.1) is 4.77 Å². The van der Waals surface area contributed by atoms with Crippen molar-refractivity contribution in [3.05, 3.63) is 51.8 Å². The van der Waals surface area contributed by atoms with Crippen molar-refractivity contribution in [2.45, 2.75) is 6.92 Å². The van der Waals surface area contributed by atoms with Gasteiger partial charge in [-0.15, -0.1) is 0 Å². The molecule has 0 saturated heterocycles. The molecule has 0 fully saturated rings. The largest absolute Gasteiger partial charge is 0.503 e. The Morgan fingerprint density at radius 1 is 1.33 bits per heavy atom. The van der Waals surface area contributed by atoms with Gasteiger partial charge in [-0.1, -0.05) is 23.7 Å². The zero-order valence-corrected chi connectivity index (χ0v) is 16.2. The Labute approximate surface area is 165 Å². The van der Waals surface area contributed by atoms with Crippen LogP contribution >= 0.6 is 23.8 Å². The van der Waals surface area contributed by atoms with Crippen molar-refractivity contribution in [1.29, 1.82) is 0 Å². The molecule has 0 aliphatic carbocycles. The van der Waals surface area contributed by atoms with E-state index in [0.717, 1.165) is 5.56 Å². The first kappa shape index (κ1) is 18.9. The quantitative estimate of drug-likeness (QED) is 0.473. The van der Waals surface area contributed by atoms with Crippen molar-refractivity contribution in [1.82, 2.24) is 14.9 Å². The Hall–Kier alpha value is -2.84. The Bertz CT molecular complexity index is 1050. The van der Waals surface area contributed by atoms with E-state index in [1.54, 1.807) is 18.3 Å². The molecule has 3 rings (SSSR count). The second-order valence-electron chi connectivity index (χ2n) is 5.39. The van der Waals surface area contributed by atoms with Crippen LogP contribution in [-0.4, -0.2) is 39.9 Å². The Morgan fingerprint density at radius 3 is 2.85 bits per heavy atom. The van der Waals surface area contributed by atoms with Crippen molar-refractivity contribution in [3.8, 4) is 28.6 Å². The second-order valence-corrected chi connectivity index (χ2v) is 6.19. The molecule has 0 spiro atoms. The highest BCUT2D eigenvalue weighted by Crippen LogP contribution is 2.34. The number of hydrogen-bond acceptors (Lipinski definition) is 6. The first-order chi connectivity index (χ1) is 13.0. The summed E-state index contributed by atoms with van der Waals surface area (Å²) in [5.74, 6) is 1.32. The molecule has 9 heteroatoms. The lowest BCUT2D eigenvalue weighted by Crippen LogP contribution is -1.99. The SMILES string of the molecule is CCOc1ccccc1-c1n[nH]c(=S)n1/N=C\c1cc(Cl)c(O)c(OC)c1. The van der Waals surface area contributed by atoms with Gasteiger partial charge in [-0.3, -0.25) is 0 Å². The minimum absolute atomic E-state index is 0.123. The fourth-order valence-corrected chi connectivity index (χ4v) is 2.85. The van der Waals surface area contributed by atoms with Gasteiger partial charge in [0, 0.05) is 0 Å². The molecular weight excluding hydrogens is 388 g/mol. The maximum Gasteiger partial charge on any atom is 0.216 e. The molecule has 7 nitrogen and oxygen atoms in total. The van der Waals surface area contributed by atoms with Gasteiger partial charge in [-0.2, -0.15) is 14.9 Å². The maximum absolute atomic E-state index is 9.84. The number of phenols is 1. The van der Waals surface area contributed by atoms with E-state index in [4.69, 9.17) is 33.3 Å². The van der Waals surface area contributed by atoms with E-state index in [1.807, 2.05) is 31.2 Å². The minimum Gasteiger partial charge on any atom is -0.503 e. The normalized spacial score (nSPS) is 11.1. The van der Waals surface area contributed by atoms with E-state index in [2.05, 4.69) is 15.3 Å². The number of aromatic amines is 1. The number of methoxy groups -OCH3 is 1. The number of ether oxygens (including phenoxy) is 2. The molecule has 0 aliphatic rings. The third kappa shape index (κ3) is 3.96. The predicted molar refractivity (Wildman–Crippen MR) is 107 cm³/mol. The summed E-state index contributed by atoms with van der Waals surface area (Å²) >= 11 is 11.3. The van der Waals surface area contributed by atoms with Crippen molar-refractivity contribution >= 4 is 30.0 Å². The van der Waals surface area contributed by atoms with Crippen LogP contribution in [0.15, 0.2) is 41.5 Å². The monoisotopic (exact) mass is 404 g/mol. The van der Waals surface area contributed by atoms with Crippen molar-refractivity contribution < 1.29 is 14.6 Å². The average Bonchev–Trinajstić information content (AvgIpc) is 3.03. The van der Waals surface area contributed by atoms with Gasteiger partial charge in [0.25, 0.3) is 0 Å². The molecule has 0 atom stereocenters. The van der Waals surface area contributed by atoms with Crippen molar-refractivity contribution in [2.24, 2.45) is 5.10 Å². The Kier molecular flexibility index (Phi) is 5.78. The number of rotatable bonds is 6. The number of halogens is 1. The molecule has 1 heterocycles. The molecule has 0 saturated carbocycles. The number of para-hydroxylation sites is 1. The topological polar surface area (TPSA) is 84.7 Å². The fourth-order valence-electron chi connectivity index (χ4n) is 2.45. The lowest BCUT2D eigenvalue weighted by Gasteiger charge is -2.09. The third-order valence-corrected chi connectivity index (χ3v) is 4.22. The highest BCUT2D eigenvalue weighted by Gasteiger charge is 2.13. The van der Waals surface area contributed by atoms with Crippen LogP contribution in [0.2, 0.25) is 5.02 Å². The zero-order valence-electron chi connectivity index (χ0n) is 14.6.